The van der Waals surface area contributed by atoms with Gasteiger partial charge in [-0.1, -0.05) is 13.3 Å². The molecule has 0 aromatic heterocycles. The maximum atomic E-state index is 12.2. The Morgan fingerprint density at radius 1 is 1.33 bits per heavy atom. The van der Waals surface area contributed by atoms with Gasteiger partial charge in [0.05, 0.1) is 0 Å². The van der Waals surface area contributed by atoms with Gasteiger partial charge in [-0.3, -0.25) is 4.79 Å². The number of rotatable bonds is 2. The van der Waals surface area contributed by atoms with Crippen LogP contribution in [0.25, 0.3) is 0 Å². The van der Waals surface area contributed by atoms with Crippen molar-refractivity contribution in [2.24, 2.45) is 17.6 Å². The Morgan fingerprint density at radius 2 is 2.07 bits per heavy atom. The lowest BCUT2D eigenvalue weighted by molar-refractivity contribution is -0.143. The first-order chi connectivity index (χ1) is 7.24. The summed E-state index contributed by atoms with van der Waals surface area (Å²) < 4.78 is 0. The second-order valence-corrected chi connectivity index (χ2v) is 5.08. The zero-order valence-electron chi connectivity index (χ0n) is 9.61. The molecule has 15 heavy (non-hydrogen) atoms. The summed E-state index contributed by atoms with van der Waals surface area (Å²) in [5.74, 6) is 1.28. The van der Waals surface area contributed by atoms with Gasteiger partial charge in [-0.15, -0.1) is 0 Å². The van der Waals surface area contributed by atoms with Crippen LogP contribution in [0.5, 0.6) is 0 Å². The Morgan fingerprint density at radius 3 is 2.60 bits per heavy atom. The average molecular weight is 210 g/mol. The number of hydrogen-bond donors (Lipinski definition) is 1. The lowest BCUT2D eigenvalue weighted by Gasteiger charge is -2.42. The predicted molar refractivity (Wildman–Crippen MR) is 60.3 cm³/mol. The Balaban J connectivity index is 2.01. The van der Waals surface area contributed by atoms with Gasteiger partial charge in [0.15, 0.2) is 0 Å². The van der Waals surface area contributed by atoms with Crippen molar-refractivity contribution in [3.05, 3.63) is 0 Å². The summed E-state index contributed by atoms with van der Waals surface area (Å²) in [7, 11) is 0. The Hall–Kier alpha value is -0.570. The molecular weight excluding hydrogens is 188 g/mol. The number of piperidine rings is 1. The molecule has 2 atom stereocenters. The van der Waals surface area contributed by atoms with Crippen LogP contribution in [-0.4, -0.2) is 29.9 Å². The first kappa shape index (κ1) is 10.9. The van der Waals surface area contributed by atoms with Crippen LogP contribution >= 0.6 is 0 Å². The van der Waals surface area contributed by atoms with Crippen LogP contribution in [0, 0.1) is 11.8 Å². The van der Waals surface area contributed by atoms with E-state index in [1.165, 1.54) is 12.8 Å². The number of amides is 1. The number of carbonyl (C=O) groups is 1. The number of nitrogens with two attached hydrogens (primary N) is 1. The van der Waals surface area contributed by atoms with Gasteiger partial charge in [0.1, 0.15) is 0 Å². The van der Waals surface area contributed by atoms with Gasteiger partial charge < -0.3 is 10.6 Å². The van der Waals surface area contributed by atoms with Crippen molar-refractivity contribution in [2.45, 2.75) is 45.1 Å². The van der Waals surface area contributed by atoms with Crippen LogP contribution in [0.4, 0.5) is 0 Å². The molecule has 3 nitrogen and oxygen atoms in total. The minimum Gasteiger partial charge on any atom is -0.338 e. The van der Waals surface area contributed by atoms with E-state index >= 15 is 0 Å². The monoisotopic (exact) mass is 210 g/mol. The molecule has 2 fully saturated rings. The van der Waals surface area contributed by atoms with E-state index in [1.54, 1.807) is 0 Å². The molecular formula is C12H22N2O. The summed E-state index contributed by atoms with van der Waals surface area (Å²) in [6.07, 6.45) is 5.79. The largest absolute Gasteiger partial charge is 0.338 e. The molecule has 1 amide bonds. The second kappa shape index (κ2) is 4.52. The van der Waals surface area contributed by atoms with Gasteiger partial charge in [0, 0.05) is 25.0 Å². The molecule has 2 N–H and O–H groups in total. The first-order valence-electron chi connectivity index (χ1n) is 6.24. The fourth-order valence-electron chi connectivity index (χ4n) is 2.77. The minimum atomic E-state index is 0.298. The van der Waals surface area contributed by atoms with Crippen molar-refractivity contribution in [1.29, 1.82) is 0 Å². The molecule has 0 radical (unpaired) electrons. The Labute approximate surface area is 92.0 Å². The van der Waals surface area contributed by atoms with E-state index in [1.807, 2.05) is 0 Å². The predicted octanol–water partition coefficient (Wildman–Crippen LogP) is 1.37. The quantitative estimate of drug-likeness (QED) is 0.748. The molecule has 2 aliphatic rings. The highest BCUT2D eigenvalue weighted by Gasteiger charge is 2.36. The molecule has 1 aliphatic carbocycles. The third-order valence-electron chi connectivity index (χ3n) is 4.09. The van der Waals surface area contributed by atoms with Crippen molar-refractivity contribution < 1.29 is 4.79 Å². The molecule has 0 spiro atoms. The van der Waals surface area contributed by atoms with Crippen molar-refractivity contribution in [3.63, 3.8) is 0 Å². The Kier molecular flexibility index (Phi) is 3.29. The van der Waals surface area contributed by atoms with E-state index in [9.17, 15) is 4.79 Å². The van der Waals surface area contributed by atoms with E-state index in [2.05, 4.69) is 11.8 Å². The molecule has 0 unspecified atom stereocenters. The van der Waals surface area contributed by atoms with Gasteiger partial charge in [-0.05, 0) is 31.6 Å². The molecule has 1 saturated heterocycles. The van der Waals surface area contributed by atoms with Crippen LogP contribution in [0.3, 0.4) is 0 Å². The lowest BCUT2D eigenvalue weighted by Crippen LogP contribution is -2.53. The van der Waals surface area contributed by atoms with Crippen molar-refractivity contribution in [2.75, 3.05) is 13.1 Å². The number of hydrogen-bond acceptors (Lipinski definition) is 2. The zero-order valence-corrected chi connectivity index (χ0v) is 9.61. The standard InChI is InChI=1S/C12H22N2O/c1-9-4-3-7-14(11(9)8-13)12(15)10-5-2-6-10/h9-11H,2-8,13H2,1H3/t9-,11+/m0/s1. The van der Waals surface area contributed by atoms with Crippen LogP contribution in [0.2, 0.25) is 0 Å². The van der Waals surface area contributed by atoms with Gasteiger partial charge in [-0.25, -0.2) is 0 Å². The lowest BCUT2D eigenvalue weighted by atomic mass is 9.82. The first-order valence-corrected chi connectivity index (χ1v) is 6.24. The minimum absolute atomic E-state index is 0.298. The summed E-state index contributed by atoms with van der Waals surface area (Å²) in [5, 5.41) is 0. The molecule has 0 aromatic rings. The summed E-state index contributed by atoms with van der Waals surface area (Å²) in [6, 6.07) is 0.298. The molecule has 1 heterocycles. The molecule has 3 heteroatoms. The van der Waals surface area contributed by atoms with E-state index < -0.39 is 0 Å². The van der Waals surface area contributed by atoms with Crippen molar-refractivity contribution in [1.82, 2.24) is 4.90 Å². The highest BCUT2D eigenvalue weighted by atomic mass is 16.2. The SMILES string of the molecule is C[C@H]1CCCN(C(=O)C2CCC2)[C@@H]1CN. The molecule has 1 saturated carbocycles. The fraction of sp³-hybridized carbons (Fsp3) is 0.917. The van der Waals surface area contributed by atoms with Gasteiger partial charge in [0.2, 0.25) is 5.91 Å². The maximum Gasteiger partial charge on any atom is 0.225 e. The number of nitrogens with zero attached hydrogens (tertiary/aromatic N) is 1. The third-order valence-corrected chi connectivity index (χ3v) is 4.09. The number of likely N-dealkylation sites (tertiary alicyclic amines) is 1. The van der Waals surface area contributed by atoms with E-state index in [-0.39, 0.29) is 0 Å². The third kappa shape index (κ3) is 2.03. The summed E-state index contributed by atoms with van der Waals surface area (Å²) >= 11 is 0. The molecule has 0 bridgehead atoms. The highest BCUT2D eigenvalue weighted by Crippen LogP contribution is 2.31. The van der Waals surface area contributed by atoms with Crippen molar-refractivity contribution >= 4 is 5.91 Å². The van der Waals surface area contributed by atoms with Gasteiger partial charge in [0.25, 0.3) is 0 Å². The van der Waals surface area contributed by atoms with Crippen LogP contribution in [-0.2, 0) is 4.79 Å². The highest BCUT2D eigenvalue weighted by molar-refractivity contribution is 5.80. The summed E-state index contributed by atoms with van der Waals surface area (Å²) in [6.45, 7) is 3.78. The maximum absolute atomic E-state index is 12.2. The number of carbonyl (C=O) groups excluding carboxylic acids is 1. The molecule has 0 aromatic carbocycles. The smallest absolute Gasteiger partial charge is 0.225 e. The van der Waals surface area contributed by atoms with Gasteiger partial charge in [-0.2, -0.15) is 0 Å². The second-order valence-electron chi connectivity index (χ2n) is 5.08. The topological polar surface area (TPSA) is 46.3 Å². The van der Waals surface area contributed by atoms with Crippen LogP contribution in [0.1, 0.15) is 39.0 Å². The normalized spacial score (nSPS) is 32.5. The van der Waals surface area contributed by atoms with E-state index in [0.717, 1.165) is 25.8 Å². The van der Waals surface area contributed by atoms with E-state index in [0.29, 0.717) is 30.3 Å². The summed E-state index contributed by atoms with van der Waals surface area (Å²) in [4.78, 5) is 14.2. The molecule has 1 aliphatic heterocycles. The summed E-state index contributed by atoms with van der Waals surface area (Å²) in [5.41, 5.74) is 5.79. The Bertz CT molecular complexity index is 238. The average Bonchev–Trinajstić information content (AvgIpc) is 2.14. The van der Waals surface area contributed by atoms with Crippen LogP contribution in [0.15, 0.2) is 0 Å². The zero-order chi connectivity index (χ0) is 10.8. The van der Waals surface area contributed by atoms with E-state index in [4.69, 9.17) is 5.73 Å². The molecule has 86 valence electrons. The molecule has 2 rings (SSSR count). The van der Waals surface area contributed by atoms with Gasteiger partial charge >= 0.3 is 0 Å². The van der Waals surface area contributed by atoms with Crippen molar-refractivity contribution in [3.8, 4) is 0 Å². The van der Waals surface area contributed by atoms with Crippen LogP contribution < -0.4 is 5.73 Å². The fourth-order valence-corrected chi connectivity index (χ4v) is 2.77.